The lowest BCUT2D eigenvalue weighted by molar-refractivity contribution is -0.132. The van der Waals surface area contributed by atoms with Crippen molar-refractivity contribution in [3.05, 3.63) is 42.1 Å². The van der Waals surface area contributed by atoms with Gasteiger partial charge in [0.1, 0.15) is 6.04 Å². The van der Waals surface area contributed by atoms with E-state index >= 15 is 0 Å². The Bertz CT molecular complexity index is 933. The van der Waals surface area contributed by atoms with Gasteiger partial charge in [-0.25, -0.2) is 0 Å². The maximum atomic E-state index is 12.8. The Hall–Kier alpha value is -2.98. The van der Waals surface area contributed by atoms with Gasteiger partial charge in [0.25, 0.3) is 5.91 Å². The molecule has 2 atom stereocenters. The molecule has 28 heavy (non-hydrogen) atoms. The van der Waals surface area contributed by atoms with E-state index in [1.807, 2.05) is 24.3 Å². The summed E-state index contributed by atoms with van der Waals surface area (Å²) in [6.45, 7) is 2.38. The molecule has 7 heteroatoms. The Labute approximate surface area is 163 Å². The summed E-state index contributed by atoms with van der Waals surface area (Å²) in [5, 5.41) is 13.1. The lowest BCUT2D eigenvalue weighted by Crippen LogP contribution is -2.43. The van der Waals surface area contributed by atoms with E-state index in [4.69, 9.17) is 5.26 Å². The molecule has 0 spiro atoms. The van der Waals surface area contributed by atoms with Crippen LogP contribution >= 0.6 is 0 Å². The molecule has 144 valence electrons. The third-order valence-corrected chi connectivity index (χ3v) is 5.58. The fourth-order valence-corrected chi connectivity index (χ4v) is 4.13. The number of likely N-dealkylation sites (tertiary alicyclic amines) is 2. The lowest BCUT2D eigenvalue weighted by Gasteiger charge is -2.23. The maximum Gasteiger partial charge on any atom is 0.252 e. The van der Waals surface area contributed by atoms with Crippen LogP contribution in [0.2, 0.25) is 0 Å². The van der Waals surface area contributed by atoms with Gasteiger partial charge in [0.15, 0.2) is 0 Å². The molecule has 1 N–H and O–H groups in total. The van der Waals surface area contributed by atoms with Crippen LogP contribution in [0, 0.1) is 11.3 Å². The van der Waals surface area contributed by atoms with Gasteiger partial charge in [-0.1, -0.05) is 18.2 Å². The van der Waals surface area contributed by atoms with Crippen molar-refractivity contribution < 1.29 is 9.59 Å². The normalized spacial score (nSPS) is 22.3. The summed E-state index contributed by atoms with van der Waals surface area (Å²) in [7, 11) is 0. The first-order valence-electron chi connectivity index (χ1n) is 9.72. The number of hydrogen-bond donors (Lipinski definition) is 1. The number of fused-ring (bicyclic) bond motifs is 1. The van der Waals surface area contributed by atoms with E-state index in [1.165, 1.54) is 0 Å². The fraction of sp³-hybridized carbons (Fsp3) is 0.429. The van der Waals surface area contributed by atoms with Gasteiger partial charge in [-0.05, 0) is 31.4 Å². The van der Waals surface area contributed by atoms with Crippen molar-refractivity contribution in [2.24, 2.45) is 0 Å². The Morgan fingerprint density at radius 2 is 2.07 bits per heavy atom. The number of para-hydroxylation sites is 1. The topological polar surface area (TPSA) is 89.3 Å². The lowest BCUT2D eigenvalue weighted by atomic mass is 10.1. The second kappa shape index (κ2) is 7.95. The molecular formula is C21H23N5O2. The molecule has 2 aliphatic heterocycles. The van der Waals surface area contributed by atoms with Crippen LogP contribution in [0.25, 0.3) is 10.9 Å². The van der Waals surface area contributed by atoms with Gasteiger partial charge in [0, 0.05) is 37.3 Å². The third kappa shape index (κ3) is 3.69. The van der Waals surface area contributed by atoms with Gasteiger partial charge in [0.2, 0.25) is 5.91 Å². The Morgan fingerprint density at radius 1 is 1.21 bits per heavy atom. The summed E-state index contributed by atoms with van der Waals surface area (Å²) >= 11 is 0. The van der Waals surface area contributed by atoms with Gasteiger partial charge < -0.3 is 10.2 Å². The quantitative estimate of drug-likeness (QED) is 0.873. The number of nitrogens with one attached hydrogen (secondary N) is 1. The van der Waals surface area contributed by atoms with Crippen molar-refractivity contribution in [1.29, 1.82) is 5.26 Å². The Morgan fingerprint density at radius 3 is 2.93 bits per heavy atom. The summed E-state index contributed by atoms with van der Waals surface area (Å²) in [6.07, 6.45) is 4.12. The highest BCUT2D eigenvalue weighted by Gasteiger charge is 2.32. The molecule has 2 saturated heterocycles. The number of pyridine rings is 1. The molecule has 0 unspecified atom stereocenters. The predicted molar refractivity (Wildman–Crippen MR) is 104 cm³/mol. The SMILES string of the molecule is N#C[C@@H]1CCCN1C(=O)CN1CC[C@H](NC(=O)c2ccnc3ccccc23)C1. The number of rotatable bonds is 4. The zero-order valence-electron chi connectivity index (χ0n) is 15.7. The van der Waals surface area contributed by atoms with E-state index in [-0.39, 0.29) is 23.9 Å². The van der Waals surface area contributed by atoms with Crippen molar-refractivity contribution in [1.82, 2.24) is 20.1 Å². The molecule has 1 aromatic carbocycles. The van der Waals surface area contributed by atoms with E-state index in [0.29, 0.717) is 25.2 Å². The van der Waals surface area contributed by atoms with Crippen LogP contribution in [0.5, 0.6) is 0 Å². The van der Waals surface area contributed by atoms with Crippen LogP contribution in [0.15, 0.2) is 36.5 Å². The van der Waals surface area contributed by atoms with Gasteiger partial charge in [-0.3, -0.25) is 19.5 Å². The van der Waals surface area contributed by atoms with Crippen LogP contribution in [-0.2, 0) is 4.79 Å². The van der Waals surface area contributed by atoms with Gasteiger partial charge >= 0.3 is 0 Å². The van der Waals surface area contributed by atoms with E-state index in [0.717, 1.165) is 36.7 Å². The van der Waals surface area contributed by atoms with Crippen molar-refractivity contribution >= 4 is 22.7 Å². The van der Waals surface area contributed by atoms with Crippen LogP contribution in [-0.4, -0.2) is 64.9 Å². The largest absolute Gasteiger partial charge is 0.348 e. The Balaban J connectivity index is 1.35. The molecule has 2 fully saturated rings. The monoisotopic (exact) mass is 377 g/mol. The van der Waals surface area contributed by atoms with E-state index in [1.54, 1.807) is 17.2 Å². The fourth-order valence-electron chi connectivity index (χ4n) is 4.13. The van der Waals surface area contributed by atoms with Gasteiger partial charge in [-0.2, -0.15) is 5.26 Å². The number of benzene rings is 1. The van der Waals surface area contributed by atoms with E-state index in [2.05, 4.69) is 21.3 Å². The number of hydrogen-bond acceptors (Lipinski definition) is 5. The average Bonchev–Trinajstić information content (AvgIpc) is 3.36. The predicted octanol–water partition coefficient (Wildman–Crippen LogP) is 1.55. The number of aromatic nitrogens is 1. The molecule has 2 aromatic rings. The highest BCUT2D eigenvalue weighted by atomic mass is 16.2. The summed E-state index contributed by atoms with van der Waals surface area (Å²) in [6, 6.07) is 11.3. The highest BCUT2D eigenvalue weighted by Crippen LogP contribution is 2.19. The molecule has 1 aromatic heterocycles. The van der Waals surface area contributed by atoms with E-state index < -0.39 is 0 Å². The van der Waals surface area contributed by atoms with E-state index in [9.17, 15) is 9.59 Å². The first-order valence-corrected chi connectivity index (χ1v) is 9.72. The molecule has 0 saturated carbocycles. The molecule has 2 amide bonds. The third-order valence-electron chi connectivity index (χ3n) is 5.58. The molecule has 2 aliphatic rings. The molecule has 3 heterocycles. The maximum absolute atomic E-state index is 12.8. The number of carbonyl (C=O) groups is 2. The number of nitriles is 1. The van der Waals surface area contributed by atoms with Gasteiger partial charge in [0.05, 0.1) is 23.7 Å². The average molecular weight is 377 g/mol. The summed E-state index contributed by atoms with van der Waals surface area (Å²) in [5.74, 6) is -0.1000. The molecular weight excluding hydrogens is 354 g/mol. The van der Waals surface area contributed by atoms with Gasteiger partial charge in [-0.15, -0.1) is 0 Å². The van der Waals surface area contributed by atoms with Crippen LogP contribution in [0.1, 0.15) is 29.6 Å². The number of amides is 2. The Kier molecular flexibility index (Phi) is 5.22. The van der Waals surface area contributed by atoms with Crippen molar-refractivity contribution in [2.45, 2.75) is 31.3 Å². The minimum absolute atomic E-state index is 0.0103. The summed E-state index contributed by atoms with van der Waals surface area (Å²) < 4.78 is 0. The van der Waals surface area contributed by atoms with Crippen molar-refractivity contribution in [2.75, 3.05) is 26.2 Å². The van der Waals surface area contributed by atoms with Crippen LogP contribution in [0.3, 0.4) is 0 Å². The minimum Gasteiger partial charge on any atom is -0.348 e. The number of nitrogens with zero attached hydrogens (tertiary/aromatic N) is 4. The molecule has 0 radical (unpaired) electrons. The standard InChI is InChI=1S/C21H23N5O2/c22-12-16-4-3-10-26(16)20(27)14-25-11-8-15(13-25)24-21(28)18-7-9-23-19-6-2-1-5-17(18)19/h1-2,5-7,9,15-16H,3-4,8,10-11,13-14H2,(H,24,28)/t15-,16-/m0/s1. The minimum atomic E-state index is -0.287. The van der Waals surface area contributed by atoms with Crippen molar-refractivity contribution in [3.63, 3.8) is 0 Å². The second-order valence-corrected chi connectivity index (χ2v) is 7.44. The molecule has 4 rings (SSSR count). The zero-order valence-corrected chi connectivity index (χ0v) is 15.7. The summed E-state index contributed by atoms with van der Waals surface area (Å²) in [5.41, 5.74) is 1.42. The molecule has 0 bridgehead atoms. The molecule has 0 aliphatic carbocycles. The van der Waals surface area contributed by atoms with Crippen LogP contribution < -0.4 is 5.32 Å². The summed E-state index contributed by atoms with van der Waals surface area (Å²) in [4.78, 5) is 33.3. The second-order valence-electron chi connectivity index (χ2n) is 7.44. The first-order chi connectivity index (χ1) is 13.7. The van der Waals surface area contributed by atoms with Crippen LogP contribution in [0.4, 0.5) is 0 Å². The molecule has 7 nitrogen and oxygen atoms in total. The number of carbonyl (C=O) groups excluding carboxylic acids is 2. The highest BCUT2D eigenvalue weighted by molar-refractivity contribution is 6.06. The smallest absolute Gasteiger partial charge is 0.252 e. The van der Waals surface area contributed by atoms with Crippen molar-refractivity contribution in [3.8, 4) is 6.07 Å². The first kappa shape index (κ1) is 18.4. The zero-order chi connectivity index (χ0) is 19.5.